The summed E-state index contributed by atoms with van der Waals surface area (Å²) in [5, 5.41) is 3.37. The molecule has 0 spiro atoms. The van der Waals surface area contributed by atoms with Gasteiger partial charge >= 0.3 is 0 Å². The van der Waals surface area contributed by atoms with Crippen molar-refractivity contribution < 1.29 is 0 Å². The molecule has 3 heteroatoms. The molecule has 1 aromatic rings. The molecule has 72 valence electrons. The van der Waals surface area contributed by atoms with Gasteiger partial charge in [-0.3, -0.25) is 0 Å². The predicted octanol–water partition coefficient (Wildman–Crippen LogP) is 2.47. The van der Waals surface area contributed by atoms with Gasteiger partial charge in [-0.05, 0) is 26.3 Å². The Morgan fingerprint density at radius 3 is 2.77 bits per heavy atom. The monoisotopic (exact) mass is 179 g/mol. The molecule has 0 fully saturated rings. The number of anilines is 1. The third kappa shape index (κ3) is 3.40. The Kier molecular flexibility index (Phi) is 3.23. The quantitative estimate of drug-likeness (QED) is 0.771. The van der Waals surface area contributed by atoms with E-state index in [2.05, 4.69) is 36.1 Å². The Bertz CT molecular complexity index is 244. The third-order valence-electron chi connectivity index (χ3n) is 1.92. The van der Waals surface area contributed by atoms with Gasteiger partial charge in [0.2, 0.25) is 0 Å². The molecule has 0 aromatic carbocycles. The summed E-state index contributed by atoms with van der Waals surface area (Å²) in [7, 11) is 0. The Balaban J connectivity index is 2.58. The average Bonchev–Trinajstić information content (AvgIpc) is 2.04. The molecular formula is C10H17N3. The summed E-state index contributed by atoms with van der Waals surface area (Å²) in [6.07, 6.45) is 5.61. The number of hydrogen-bond donors (Lipinski definition) is 1. The molecule has 0 aliphatic rings. The molecule has 3 nitrogen and oxygen atoms in total. The van der Waals surface area contributed by atoms with Crippen molar-refractivity contribution in [3.8, 4) is 0 Å². The molecule has 1 rings (SSSR count). The highest BCUT2D eigenvalue weighted by molar-refractivity contribution is 5.34. The number of hydrogen-bond acceptors (Lipinski definition) is 3. The number of nitrogens with zero attached hydrogens (tertiary/aromatic N) is 2. The second-order valence-corrected chi connectivity index (χ2v) is 3.85. The van der Waals surface area contributed by atoms with E-state index in [9.17, 15) is 0 Å². The Hall–Kier alpha value is -1.12. The average molecular weight is 179 g/mol. The van der Waals surface area contributed by atoms with Crippen LogP contribution in [0.5, 0.6) is 0 Å². The van der Waals surface area contributed by atoms with Crippen LogP contribution in [0.4, 0.5) is 5.82 Å². The van der Waals surface area contributed by atoms with Crippen LogP contribution < -0.4 is 5.32 Å². The number of aromatic nitrogens is 2. The summed E-state index contributed by atoms with van der Waals surface area (Å²) in [5.74, 6) is 0.897. The van der Waals surface area contributed by atoms with Crippen molar-refractivity contribution in [1.82, 2.24) is 9.97 Å². The van der Waals surface area contributed by atoms with Crippen molar-refractivity contribution in [2.45, 2.75) is 39.2 Å². The summed E-state index contributed by atoms with van der Waals surface area (Å²) in [6.45, 7) is 6.54. The van der Waals surface area contributed by atoms with E-state index in [1.54, 1.807) is 12.5 Å². The van der Waals surface area contributed by atoms with E-state index in [0.717, 1.165) is 12.2 Å². The maximum Gasteiger partial charge on any atom is 0.129 e. The lowest BCUT2D eigenvalue weighted by Crippen LogP contribution is -2.30. The minimum atomic E-state index is 0.114. The van der Waals surface area contributed by atoms with Gasteiger partial charge in [0.05, 0.1) is 0 Å². The molecule has 0 amide bonds. The summed E-state index contributed by atoms with van der Waals surface area (Å²) >= 11 is 0. The summed E-state index contributed by atoms with van der Waals surface area (Å²) < 4.78 is 0. The van der Waals surface area contributed by atoms with Gasteiger partial charge in [-0.15, -0.1) is 0 Å². The van der Waals surface area contributed by atoms with Crippen molar-refractivity contribution in [2.24, 2.45) is 0 Å². The molecule has 13 heavy (non-hydrogen) atoms. The Morgan fingerprint density at radius 2 is 2.23 bits per heavy atom. The fourth-order valence-corrected chi connectivity index (χ4v) is 1.40. The van der Waals surface area contributed by atoms with Crippen molar-refractivity contribution in [2.75, 3.05) is 5.32 Å². The van der Waals surface area contributed by atoms with Gasteiger partial charge in [-0.2, -0.15) is 0 Å². The first-order valence-electron chi connectivity index (χ1n) is 4.68. The second kappa shape index (κ2) is 4.21. The Morgan fingerprint density at radius 1 is 1.46 bits per heavy atom. The second-order valence-electron chi connectivity index (χ2n) is 3.85. The van der Waals surface area contributed by atoms with E-state index in [-0.39, 0.29) is 5.54 Å². The molecular weight excluding hydrogens is 162 g/mol. The first-order valence-corrected chi connectivity index (χ1v) is 4.68. The molecule has 0 atom stereocenters. The van der Waals surface area contributed by atoms with E-state index >= 15 is 0 Å². The topological polar surface area (TPSA) is 37.8 Å². The van der Waals surface area contributed by atoms with Crippen LogP contribution >= 0.6 is 0 Å². The SMILES string of the molecule is CCCC(C)(C)Nc1ccncn1. The maximum atomic E-state index is 4.12. The summed E-state index contributed by atoms with van der Waals surface area (Å²) in [6, 6.07) is 1.89. The lowest BCUT2D eigenvalue weighted by molar-refractivity contribution is 0.509. The van der Waals surface area contributed by atoms with E-state index < -0.39 is 0 Å². The molecule has 0 saturated carbocycles. The van der Waals surface area contributed by atoms with Crippen LogP contribution in [-0.4, -0.2) is 15.5 Å². The predicted molar refractivity (Wildman–Crippen MR) is 54.6 cm³/mol. The highest BCUT2D eigenvalue weighted by Crippen LogP contribution is 2.16. The van der Waals surface area contributed by atoms with E-state index in [1.807, 2.05) is 6.07 Å². The molecule has 0 aliphatic heterocycles. The normalized spacial score (nSPS) is 11.3. The smallest absolute Gasteiger partial charge is 0.129 e. The van der Waals surface area contributed by atoms with Gasteiger partial charge in [-0.25, -0.2) is 9.97 Å². The first-order chi connectivity index (χ1) is 6.14. The van der Waals surface area contributed by atoms with Crippen LogP contribution in [-0.2, 0) is 0 Å². The van der Waals surface area contributed by atoms with Crippen molar-refractivity contribution >= 4 is 5.82 Å². The fraction of sp³-hybridized carbons (Fsp3) is 0.600. The zero-order chi connectivity index (χ0) is 9.73. The fourth-order valence-electron chi connectivity index (χ4n) is 1.40. The molecule has 1 heterocycles. The van der Waals surface area contributed by atoms with E-state index in [1.165, 1.54) is 6.42 Å². The van der Waals surface area contributed by atoms with Gasteiger partial charge in [0.25, 0.3) is 0 Å². The lowest BCUT2D eigenvalue weighted by Gasteiger charge is -2.26. The molecule has 0 saturated heterocycles. The molecule has 1 N–H and O–H groups in total. The molecule has 0 radical (unpaired) electrons. The van der Waals surface area contributed by atoms with Gasteiger partial charge < -0.3 is 5.32 Å². The van der Waals surface area contributed by atoms with Crippen LogP contribution in [0.15, 0.2) is 18.6 Å². The van der Waals surface area contributed by atoms with Gasteiger partial charge in [0.1, 0.15) is 12.1 Å². The van der Waals surface area contributed by atoms with Crippen LogP contribution in [0.3, 0.4) is 0 Å². The van der Waals surface area contributed by atoms with Crippen molar-refractivity contribution in [1.29, 1.82) is 0 Å². The lowest BCUT2D eigenvalue weighted by atomic mass is 9.99. The van der Waals surface area contributed by atoms with E-state index in [0.29, 0.717) is 0 Å². The third-order valence-corrected chi connectivity index (χ3v) is 1.92. The maximum absolute atomic E-state index is 4.12. The van der Waals surface area contributed by atoms with E-state index in [4.69, 9.17) is 0 Å². The van der Waals surface area contributed by atoms with Gasteiger partial charge in [-0.1, -0.05) is 13.3 Å². The highest BCUT2D eigenvalue weighted by atomic mass is 15.1. The molecule has 0 unspecified atom stereocenters. The minimum Gasteiger partial charge on any atom is -0.365 e. The molecule has 0 aliphatic carbocycles. The zero-order valence-corrected chi connectivity index (χ0v) is 8.54. The zero-order valence-electron chi connectivity index (χ0n) is 8.54. The van der Waals surface area contributed by atoms with Gasteiger partial charge in [0, 0.05) is 11.7 Å². The standard InChI is InChI=1S/C10H17N3/c1-4-6-10(2,3)13-9-5-7-11-8-12-9/h5,7-8H,4,6H2,1-3H3,(H,11,12,13). The molecule has 1 aromatic heterocycles. The Labute approximate surface area is 79.6 Å². The largest absolute Gasteiger partial charge is 0.365 e. The number of rotatable bonds is 4. The van der Waals surface area contributed by atoms with Gasteiger partial charge in [0.15, 0.2) is 0 Å². The summed E-state index contributed by atoms with van der Waals surface area (Å²) in [5.41, 5.74) is 0.114. The van der Waals surface area contributed by atoms with Crippen LogP contribution in [0.1, 0.15) is 33.6 Å². The highest BCUT2D eigenvalue weighted by Gasteiger charge is 2.15. The van der Waals surface area contributed by atoms with Crippen LogP contribution in [0.2, 0.25) is 0 Å². The van der Waals surface area contributed by atoms with Crippen molar-refractivity contribution in [3.05, 3.63) is 18.6 Å². The van der Waals surface area contributed by atoms with Crippen molar-refractivity contribution in [3.63, 3.8) is 0 Å². The van der Waals surface area contributed by atoms with Crippen LogP contribution in [0.25, 0.3) is 0 Å². The first kappa shape index (κ1) is 9.96. The minimum absolute atomic E-state index is 0.114. The molecule has 0 bridgehead atoms. The summed E-state index contributed by atoms with van der Waals surface area (Å²) in [4.78, 5) is 7.99. The van der Waals surface area contributed by atoms with Crippen LogP contribution in [0, 0.1) is 0 Å². The number of nitrogens with one attached hydrogen (secondary N) is 1.